The lowest BCUT2D eigenvalue weighted by molar-refractivity contribution is -0.345. The molecule has 2 saturated heterocycles. The number of carbonyl (C=O) groups is 4. The second-order valence-electron chi connectivity index (χ2n) is 23.0. The van der Waals surface area contributed by atoms with Crippen LogP contribution in [0.2, 0.25) is 0 Å². The number of ether oxygens (including phenoxy) is 8. The van der Waals surface area contributed by atoms with E-state index in [1.807, 2.05) is 0 Å². The van der Waals surface area contributed by atoms with Gasteiger partial charge < -0.3 is 78.7 Å². The summed E-state index contributed by atoms with van der Waals surface area (Å²) in [5, 5.41) is 85.2. The number of carbonyl (C=O) groups excluding carboxylic acids is 3. The van der Waals surface area contributed by atoms with Gasteiger partial charge >= 0.3 is 23.9 Å². The smallest absolute Gasteiger partial charge is 0.340 e. The Morgan fingerprint density at radius 3 is 2.10 bits per heavy atom. The predicted octanol–water partition coefficient (Wildman–Crippen LogP) is 1.48. The molecule has 20 atom stereocenters. The van der Waals surface area contributed by atoms with Crippen molar-refractivity contribution in [1.82, 2.24) is 0 Å². The molecule has 0 aromatic carbocycles. The summed E-state index contributed by atoms with van der Waals surface area (Å²) < 4.78 is 44.1. The van der Waals surface area contributed by atoms with E-state index in [0.717, 1.165) is 46.3 Å². The summed E-state index contributed by atoms with van der Waals surface area (Å²) in [4.78, 5) is 51.4. The Bertz CT molecular complexity index is 1960. The van der Waals surface area contributed by atoms with Gasteiger partial charge in [-0.05, 0) is 109 Å². The van der Waals surface area contributed by atoms with Crippen molar-refractivity contribution in [2.75, 3.05) is 27.4 Å². The van der Waals surface area contributed by atoms with Gasteiger partial charge in [0.15, 0.2) is 18.7 Å². The third-order valence-electron chi connectivity index (χ3n) is 18.7. The Labute approximate surface area is 402 Å². The highest BCUT2D eigenvalue weighted by atomic mass is 16.7. The number of rotatable bonds is 13. The van der Waals surface area contributed by atoms with Gasteiger partial charge in [-0.2, -0.15) is 0 Å². The van der Waals surface area contributed by atoms with Gasteiger partial charge in [0.1, 0.15) is 49.3 Å². The topological polar surface area (TPSA) is 304 Å². The number of allylic oxidation sites excluding steroid dienone is 2. The van der Waals surface area contributed by atoms with Crippen LogP contribution < -0.4 is 0 Å². The molecule has 7 aliphatic rings. The lowest BCUT2D eigenvalue weighted by Crippen LogP contribution is -2.66. The Kier molecular flexibility index (Phi) is 15.3. The molecule has 6 fully saturated rings. The highest BCUT2D eigenvalue weighted by Crippen LogP contribution is 2.76. The van der Waals surface area contributed by atoms with Gasteiger partial charge in [-0.15, -0.1) is 0 Å². The number of carboxylic acid groups (broad SMARTS) is 1. The van der Waals surface area contributed by atoms with Crippen LogP contribution in [0.1, 0.15) is 113 Å². The maximum Gasteiger partial charge on any atom is 0.340 e. The number of aliphatic hydroxyl groups is 7. The predicted molar refractivity (Wildman–Crippen MR) is 237 cm³/mol. The summed E-state index contributed by atoms with van der Waals surface area (Å²) in [5.74, 6) is -4.16. The molecule has 8 N–H and O–H groups in total. The molecule has 2 heterocycles. The fourth-order valence-electron chi connectivity index (χ4n) is 14.5. The summed E-state index contributed by atoms with van der Waals surface area (Å²) in [6.07, 6.45) is -12.7. The zero-order chi connectivity index (χ0) is 51.0. The van der Waals surface area contributed by atoms with Crippen molar-refractivity contribution >= 4 is 23.9 Å². The normalized spacial score (nSPS) is 45.4. The quantitative estimate of drug-likeness (QED) is 0.0426. The first-order valence-corrected chi connectivity index (χ1v) is 24.4. The number of aliphatic hydroxyl groups excluding tert-OH is 7. The summed E-state index contributed by atoms with van der Waals surface area (Å²) in [7, 11) is 2.06. The van der Waals surface area contributed by atoms with Crippen LogP contribution in [0.25, 0.3) is 0 Å². The molecular weight excluding hydrogens is 909 g/mol. The Hall–Kier alpha value is -2.86. The van der Waals surface area contributed by atoms with E-state index < -0.39 is 128 Å². The average molecular weight is 985 g/mol. The van der Waals surface area contributed by atoms with Crippen LogP contribution >= 0.6 is 0 Å². The Balaban J connectivity index is 1.13. The van der Waals surface area contributed by atoms with E-state index in [1.165, 1.54) is 5.57 Å². The van der Waals surface area contributed by atoms with Crippen LogP contribution in [-0.2, 0) is 57.1 Å². The molecule has 5 aliphatic carbocycles. The second-order valence-corrected chi connectivity index (χ2v) is 23.0. The SMILES string of the molecule is COC(=O)COC(OC1C(O)C(OC2CCC3(C)C(CCC4(C)C3CC=C3C5CC(C)(C)CCC5(C(=O)OC5OC(CO)C(O)C(O)C5O)CCC34C)C2(C)C)OC(C(=O)O)C1O)C(O)C(=O)OC. The number of fused-ring (bicyclic) bond motifs is 7. The van der Waals surface area contributed by atoms with Crippen LogP contribution in [0.4, 0.5) is 0 Å². The summed E-state index contributed by atoms with van der Waals surface area (Å²) in [5.41, 5.74) is -1.09. The van der Waals surface area contributed by atoms with E-state index in [0.29, 0.717) is 32.1 Å². The van der Waals surface area contributed by atoms with Crippen LogP contribution in [0.15, 0.2) is 11.6 Å². The van der Waals surface area contributed by atoms with Gasteiger partial charge in [-0.1, -0.05) is 60.1 Å². The maximum atomic E-state index is 14.7. The molecule has 392 valence electrons. The van der Waals surface area contributed by atoms with E-state index in [1.54, 1.807) is 0 Å². The highest BCUT2D eigenvalue weighted by molar-refractivity contribution is 5.79. The standard InChI is InChI=1S/C49H76O20/c1-44(2)16-18-49(43(61)69-41-32(54)31(53)30(52)25(21-50)65-41)19-17-47(6)23(24(49)20-44)10-11-27-46(5)14-13-28(45(3,4)26(46)12-15-48(27,47)7)66-42-34(56)36(33(55)37(68-42)38(58)59)67-40(35(57)39(60)63-9)64-22-29(51)62-8/h10,24-28,30-37,40-42,50,52-57H,11-22H2,1-9H3,(H,58,59). The summed E-state index contributed by atoms with van der Waals surface area (Å²) in [6, 6.07) is 0. The van der Waals surface area contributed by atoms with E-state index in [2.05, 4.69) is 64.0 Å². The van der Waals surface area contributed by atoms with E-state index >= 15 is 0 Å². The molecule has 2 aliphatic heterocycles. The van der Waals surface area contributed by atoms with Crippen LogP contribution in [-0.4, -0.2) is 172 Å². The minimum absolute atomic E-state index is 0.0742. The molecule has 0 aromatic rings. The molecule has 69 heavy (non-hydrogen) atoms. The number of hydrogen-bond donors (Lipinski definition) is 8. The van der Waals surface area contributed by atoms with Gasteiger partial charge in [-0.25, -0.2) is 14.4 Å². The number of methoxy groups -OCH3 is 2. The van der Waals surface area contributed by atoms with Gasteiger partial charge in [0, 0.05) is 0 Å². The zero-order valence-electron chi connectivity index (χ0n) is 41.3. The Morgan fingerprint density at radius 2 is 1.46 bits per heavy atom. The lowest BCUT2D eigenvalue weighted by atomic mass is 9.33. The van der Waals surface area contributed by atoms with Crippen LogP contribution in [0, 0.1) is 50.2 Å². The number of esters is 3. The third kappa shape index (κ3) is 9.08. The molecule has 20 heteroatoms. The van der Waals surface area contributed by atoms with Crippen molar-refractivity contribution in [3.63, 3.8) is 0 Å². The number of carboxylic acids is 1. The lowest BCUT2D eigenvalue weighted by Gasteiger charge is -2.71. The van der Waals surface area contributed by atoms with Crippen LogP contribution in [0.5, 0.6) is 0 Å². The first-order valence-electron chi connectivity index (χ1n) is 24.4. The van der Waals surface area contributed by atoms with Crippen molar-refractivity contribution in [1.29, 1.82) is 0 Å². The number of hydrogen-bond acceptors (Lipinski definition) is 19. The van der Waals surface area contributed by atoms with Crippen molar-refractivity contribution in [3.8, 4) is 0 Å². The van der Waals surface area contributed by atoms with Crippen LogP contribution in [0.3, 0.4) is 0 Å². The summed E-state index contributed by atoms with van der Waals surface area (Å²) in [6.45, 7) is 14.3. The van der Waals surface area contributed by atoms with E-state index in [9.17, 15) is 60.0 Å². The monoisotopic (exact) mass is 984 g/mol. The second kappa shape index (κ2) is 19.5. The molecule has 20 unspecified atom stereocenters. The molecule has 0 bridgehead atoms. The minimum Gasteiger partial charge on any atom is -0.479 e. The zero-order valence-corrected chi connectivity index (χ0v) is 41.3. The van der Waals surface area contributed by atoms with Gasteiger partial charge in [-0.3, -0.25) is 4.79 Å². The molecule has 0 amide bonds. The molecular formula is C49H76O20. The largest absolute Gasteiger partial charge is 0.479 e. The molecule has 0 radical (unpaired) electrons. The Morgan fingerprint density at radius 1 is 0.783 bits per heavy atom. The van der Waals surface area contributed by atoms with Gasteiger partial charge in [0.05, 0.1) is 32.3 Å². The molecule has 20 nitrogen and oxygen atoms in total. The highest BCUT2D eigenvalue weighted by Gasteiger charge is 2.70. The van der Waals surface area contributed by atoms with Crippen molar-refractivity contribution in [2.24, 2.45) is 50.2 Å². The number of aliphatic carboxylic acids is 1. The summed E-state index contributed by atoms with van der Waals surface area (Å²) >= 11 is 0. The van der Waals surface area contributed by atoms with E-state index in [-0.39, 0.29) is 39.4 Å². The van der Waals surface area contributed by atoms with Gasteiger partial charge in [0.2, 0.25) is 12.4 Å². The maximum absolute atomic E-state index is 14.7. The average Bonchev–Trinajstić information content (AvgIpc) is 3.29. The van der Waals surface area contributed by atoms with Crippen molar-refractivity contribution in [2.45, 2.75) is 193 Å². The van der Waals surface area contributed by atoms with E-state index in [4.69, 9.17) is 28.4 Å². The fourth-order valence-corrected chi connectivity index (χ4v) is 14.5. The van der Waals surface area contributed by atoms with Gasteiger partial charge in [0.25, 0.3) is 0 Å². The molecule has 4 saturated carbocycles. The molecule has 0 spiro atoms. The fraction of sp³-hybridized carbons (Fsp3) is 0.878. The first kappa shape index (κ1) is 53.9. The third-order valence-corrected chi connectivity index (χ3v) is 18.7. The molecule has 7 rings (SSSR count). The minimum atomic E-state index is -2.18. The van der Waals surface area contributed by atoms with Crippen molar-refractivity contribution in [3.05, 3.63) is 11.6 Å². The first-order chi connectivity index (χ1) is 32.2. The van der Waals surface area contributed by atoms with Crippen molar-refractivity contribution < 1.29 is 97.9 Å². The molecule has 0 aromatic heterocycles.